The third-order valence-electron chi connectivity index (χ3n) is 5.03. The van der Waals surface area contributed by atoms with E-state index in [0.717, 1.165) is 22.3 Å². The van der Waals surface area contributed by atoms with Gasteiger partial charge in [0.2, 0.25) is 5.91 Å². The fourth-order valence-corrected chi connectivity index (χ4v) is 3.28. The van der Waals surface area contributed by atoms with Gasteiger partial charge < -0.3 is 10.6 Å². The van der Waals surface area contributed by atoms with Crippen LogP contribution >= 0.6 is 0 Å². The van der Waals surface area contributed by atoms with Crippen LogP contribution in [0.3, 0.4) is 0 Å². The van der Waals surface area contributed by atoms with E-state index < -0.39 is 0 Å². The molecule has 3 aromatic rings. The number of amides is 2. The molecule has 1 atom stereocenters. The molecule has 0 radical (unpaired) electrons. The molecule has 29 heavy (non-hydrogen) atoms. The first-order chi connectivity index (χ1) is 13.9. The maximum Gasteiger partial charge on any atom is 0.253 e. The molecule has 2 N–H and O–H groups in total. The van der Waals surface area contributed by atoms with Crippen molar-refractivity contribution in [3.05, 3.63) is 95.6 Å². The first-order valence-corrected chi connectivity index (χ1v) is 9.72. The molecule has 0 aromatic heterocycles. The Morgan fingerprint density at radius 2 is 1.55 bits per heavy atom. The van der Waals surface area contributed by atoms with Gasteiger partial charge in [-0.3, -0.25) is 9.59 Å². The van der Waals surface area contributed by atoms with Gasteiger partial charge in [0, 0.05) is 25.1 Å². The molecule has 3 aromatic carbocycles. The fraction of sp³-hybridized carbons (Fsp3) is 0.200. The van der Waals surface area contributed by atoms with Crippen LogP contribution in [0.5, 0.6) is 0 Å². The van der Waals surface area contributed by atoms with Gasteiger partial charge in [-0.05, 0) is 46.9 Å². The quantitative estimate of drug-likeness (QED) is 0.658. The third-order valence-corrected chi connectivity index (χ3v) is 5.03. The Hall–Kier alpha value is -3.40. The summed E-state index contributed by atoms with van der Waals surface area (Å²) in [5.41, 5.74) is 10.4. The lowest BCUT2D eigenvalue weighted by Gasteiger charge is -2.18. The maximum atomic E-state index is 12.6. The minimum absolute atomic E-state index is 0.00364. The molecule has 0 fully saturated rings. The Balaban J connectivity index is 1.71. The molecule has 0 saturated carbocycles. The lowest BCUT2D eigenvalue weighted by molar-refractivity contribution is -0.121. The van der Waals surface area contributed by atoms with Crippen molar-refractivity contribution in [3.63, 3.8) is 0 Å². The number of nitrogens with zero attached hydrogens (tertiary/aromatic N) is 1. The van der Waals surface area contributed by atoms with Crippen LogP contribution in [0.2, 0.25) is 0 Å². The number of hydrogen-bond donors (Lipinski definition) is 1. The summed E-state index contributed by atoms with van der Waals surface area (Å²) in [6.45, 7) is 2.38. The second kappa shape index (κ2) is 9.20. The second-order valence-corrected chi connectivity index (χ2v) is 7.43. The highest BCUT2D eigenvalue weighted by Crippen LogP contribution is 2.22. The van der Waals surface area contributed by atoms with E-state index in [1.807, 2.05) is 68.6 Å². The Labute approximate surface area is 172 Å². The summed E-state index contributed by atoms with van der Waals surface area (Å²) in [5.74, 6) is -0.457. The van der Waals surface area contributed by atoms with Crippen molar-refractivity contribution in [2.45, 2.75) is 19.9 Å². The van der Waals surface area contributed by atoms with Gasteiger partial charge in [-0.25, -0.2) is 0 Å². The summed E-state index contributed by atoms with van der Waals surface area (Å²) in [5, 5.41) is 0. The van der Waals surface area contributed by atoms with E-state index in [-0.39, 0.29) is 17.7 Å². The predicted molar refractivity (Wildman–Crippen MR) is 116 cm³/mol. The Kier molecular flexibility index (Phi) is 6.45. The molecule has 3 rings (SSSR count). The molecule has 0 heterocycles. The zero-order valence-electron chi connectivity index (χ0n) is 16.8. The zero-order chi connectivity index (χ0) is 20.8. The lowest BCUT2D eigenvalue weighted by atomic mass is 9.97. The largest absolute Gasteiger partial charge is 0.369 e. The van der Waals surface area contributed by atoms with Crippen LogP contribution in [-0.2, 0) is 17.8 Å². The van der Waals surface area contributed by atoms with E-state index in [2.05, 4.69) is 24.3 Å². The highest BCUT2D eigenvalue weighted by atomic mass is 16.2. The van der Waals surface area contributed by atoms with Crippen LogP contribution in [0.15, 0.2) is 78.9 Å². The molecule has 4 nitrogen and oxygen atoms in total. The van der Waals surface area contributed by atoms with E-state index in [0.29, 0.717) is 18.5 Å². The SMILES string of the molecule is CC(Cc1ccc(-c2cccc(CN(C)C(=O)c3ccccc3)c2)cc1)C(N)=O. The molecule has 0 aliphatic rings. The summed E-state index contributed by atoms with van der Waals surface area (Å²) in [6, 6.07) is 25.7. The van der Waals surface area contributed by atoms with Crippen LogP contribution in [0.1, 0.15) is 28.4 Å². The second-order valence-electron chi connectivity index (χ2n) is 7.43. The predicted octanol–water partition coefficient (Wildman–Crippen LogP) is 4.29. The highest BCUT2D eigenvalue weighted by Gasteiger charge is 2.12. The van der Waals surface area contributed by atoms with Crippen molar-refractivity contribution >= 4 is 11.8 Å². The van der Waals surface area contributed by atoms with Crippen LogP contribution in [0, 0.1) is 5.92 Å². The van der Waals surface area contributed by atoms with Crippen LogP contribution in [-0.4, -0.2) is 23.8 Å². The number of carbonyl (C=O) groups is 2. The van der Waals surface area contributed by atoms with E-state index in [9.17, 15) is 9.59 Å². The average molecular weight is 386 g/mol. The Morgan fingerprint density at radius 3 is 2.21 bits per heavy atom. The van der Waals surface area contributed by atoms with Gasteiger partial charge in [0.25, 0.3) is 5.91 Å². The molecule has 0 spiro atoms. The molecule has 0 bridgehead atoms. The highest BCUT2D eigenvalue weighted by molar-refractivity contribution is 5.94. The van der Waals surface area contributed by atoms with E-state index in [1.165, 1.54) is 0 Å². The van der Waals surface area contributed by atoms with Gasteiger partial charge >= 0.3 is 0 Å². The summed E-state index contributed by atoms with van der Waals surface area (Å²) < 4.78 is 0. The van der Waals surface area contributed by atoms with Gasteiger partial charge in [-0.2, -0.15) is 0 Å². The standard InChI is InChI=1S/C25H26N2O2/c1-18(24(26)28)15-19-11-13-21(14-12-19)23-10-6-7-20(16-23)17-27(2)25(29)22-8-4-3-5-9-22/h3-14,16,18H,15,17H2,1-2H3,(H2,26,28). The number of hydrogen-bond acceptors (Lipinski definition) is 2. The van der Waals surface area contributed by atoms with Crippen LogP contribution in [0.25, 0.3) is 11.1 Å². The first-order valence-electron chi connectivity index (χ1n) is 9.72. The van der Waals surface area contributed by atoms with Gasteiger partial charge in [0.15, 0.2) is 0 Å². The fourth-order valence-electron chi connectivity index (χ4n) is 3.28. The Morgan fingerprint density at radius 1 is 0.862 bits per heavy atom. The zero-order valence-corrected chi connectivity index (χ0v) is 16.8. The smallest absolute Gasteiger partial charge is 0.253 e. The van der Waals surface area contributed by atoms with Gasteiger partial charge in [0.1, 0.15) is 0 Å². The number of benzene rings is 3. The van der Waals surface area contributed by atoms with Gasteiger partial charge in [-0.15, -0.1) is 0 Å². The monoisotopic (exact) mass is 386 g/mol. The van der Waals surface area contributed by atoms with E-state index >= 15 is 0 Å². The molecule has 1 unspecified atom stereocenters. The van der Waals surface area contributed by atoms with Crippen LogP contribution < -0.4 is 5.73 Å². The number of nitrogens with two attached hydrogens (primary N) is 1. The summed E-state index contributed by atoms with van der Waals surface area (Å²) in [7, 11) is 1.82. The maximum absolute atomic E-state index is 12.6. The van der Waals surface area contributed by atoms with Crippen molar-refractivity contribution in [2.75, 3.05) is 7.05 Å². The molecular weight excluding hydrogens is 360 g/mol. The average Bonchev–Trinajstić information content (AvgIpc) is 2.74. The minimum atomic E-state index is -0.282. The summed E-state index contributed by atoms with van der Waals surface area (Å²) in [4.78, 5) is 25.5. The molecule has 0 saturated heterocycles. The molecular formula is C25H26N2O2. The first kappa shape index (κ1) is 20.3. The summed E-state index contributed by atoms with van der Waals surface area (Å²) in [6.07, 6.45) is 0.641. The van der Waals surface area contributed by atoms with Crippen LogP contribution in [0.4, 0.5) is 0 Å². The summed E-state index contributed by atoms with van der Waals surface area (Å²) >= 11 is 0. The number of carbonyl (C=O) groups excluding carboxylic acids is 2. The van der Waals surface area contributed by atoms with Crippen molar-refractivity contribution in [1.82, 2.24) is 4.90 Å². The lowest BCUT2D eigenvalue weighted by Crippen LogP contribution is -2.26. The van der Waals surface area contributed by atoms with E-state index in [1.54, 1.807) is 4.90 Å². The number of rotatable bonds is 7. The van der Waals surface area contributed by atoms with Crippen molar-refractivity contribution in [2.24, 2.45) is 11.7 Å². The molecule has 2 amide bonds. The van der Waals surface area contributed by atoms with E-state index in [4.69, 9.17) is 5.73 Å². The third kappa shape index (κ3) is 5.32. The Bertz CT molecular complexity index is 981. The van der Waals surface area contributed by atoms with Gasteiger partial charge in [-0.1, -0.05) is 67.6 Å². The van der Waals surface area contributed by atoms with Crippen molar-refractivity contribution < 1.29 is 9.59 Å². The van der Waals surface area contributed by atoms with Crippen molar-refractivity contribution in [3.8, 4) is 11.1 Å². The topological polar surface area (TPSA) is 63.4 Å². The molecule has 0 aliphatic heterocycles. The van der Waals surface area contributed by atoms with Gasteiger partial charge in [0.05, 0.1) is 0 Å². The van der Waals surface area contributed by atoms with Crippen molar-refractivity contribution in [1.29, 1.82) is 0 Å². The minimum Gasteiger partial charge on any atom is -0.369 e. The molecule has 4 heteroatoms. The molecule has 148 valence electrons. The molecule has 0 aliphatic carbocycles. The normalized spacial score (nSPS) is 11.7. The number of primary amides is 1.